The molecule has 0 fully saturated rings. The van der Waals surface area contributed by atoms with E-state index in [1.807, 2.05) is 77.9 Å². The molecule has 0 bridgehead atoms. The van der Waals surface area contributed by atoms with E-state index in [2.05, 4.69) is 0 Å². The van der Waals surface area contributed by atoms with Crippen LogP contribution in [-0.2, 0) is 10.8 Å². The van der Waals surface area contributed by atoms with Crippen LogP contribution in [-0.4, -0.2) is 10.9 Å². The molecular formula is C23H26O3. The normalized spacial score (nSPS) is 12.5. The summed E-state index contributed by atoms with van der Waals surface area (Å²) in [6.07, 6.45) is 1.52. The van der Waals surface area contributed by atoms with E-state index in [0.29, 0.717) is 16.7 Å². The first-order valence-electron chi connectivity index (χ1n) is 8.89. The van der Waals surface area contributed by atoms with Crippen LogP contribution in [0.15, 0.2) is 47.1 Å². The number of phenols is 1. The fourth-order valence-electron chi connectivity index (χ4n) is 3.22. The van der Waals surface area contributed by atoms with Crippen molar-refractivity contribution in [1.29, 1.82) is 0 Å². The minimum atomic E-state index is -0.279. The predicted octanol–water partition coefficient (Wildman–Crippen LogP) is 5.96. The molecule has 0 saturated heterocycles. The summed E-state index contributed by atoms with van der Waals surface area (Å²) in [5, 5.41) is 11.6. The van der Waals surface area contributed by atoms with E-state index in [-0.39, 0.29) is 22.4 Å². The quantitative estimate of drug-likeness (QED) is 0.580. The van der Waals surface area contributed by atoms with E-state index < -0.39 is 0 Å². The molecule has 0 unspecified atom stereocenters. The summed E-state index contributed by atoms with van der Waals surface area (Å²) in [6.45, 7) is 12.2. The Morgan fingerprint density at radius 1 is 0.923 bits per heavy atom. The van der Waals surface area contributed by atoms with Gasteiger partial charge in [0.05, 0.1) is 5.56 Å². The molecule has 3 rings (SSSR count). The van der Waals surface area contributed by atoms with Gasteiger partial charge in [-0.1, -0.05) is 59.7 Å². The first-order chi connectivity index (χ1) is 12.0. The first kappa shape index (κ1) is 18.2. The Balaban J connectivity index is 2.23. The highest BCUT2D eigenvalue weighted by Crippen LogP contribution is 2.40. The Morgan fingerprint density at radius 2 is 1.46 bits per heavy atom. The molecular weight excluding hydrogens is 324 g/mol. The molecule has 1 aromatic heterocycles. The predicted molar refractivity (Wildman–Crippen MR) is 105 cm³/mol. The van der Waals surface area contributed by atoms with Crippen LogP contribution < -0.4 is 0 Å². The molecule has 3 heteroatoms. The van der Waals surface area contributed by atoms with Crippen LogP contribution in [0.3, 0.4) is 0 Å². The van der Waals surface area contributed by atoms with Crippen LogP contribution in [0, 0.1) is 0 Å². The number of aromatic hydroxyl groups is 1. The Labute approximate surface area is 154 Å². The lowest BCUT2D eigenvalue weighted by atomic mass is 9.77. The van der Waals surface area contributed by atoms with E-state index >= 15 is 0 Å². The zero-order valence-corrected chi connectivity index (χ0v) is 16.3. The Bertz CT molecular complexity index is 944. The third kappa shape index (κ3) is 3.14. The zero-order valence-electron chi connectivity index (χ0n) is 16.3. The van der Waals surface area contributed by atoms with Gasteiger partial charge in [0, 0.05) is 22.1 Å². The molecule has 0 saturated carbocycles. The highest BCUT2D eigenvalue weighted by molar-refractivity contribution is 6.16. The van der Waals surface area contributed by atoms with E-state index in [4.69, 9.17) is 4.42 Å². The molecule has 3 aromatic rings. The number of fused-ring (bicyclic) bond motifs is 1. The van der Waals surface area contributed by atoms with Gasteiger partial charge >= 0.3 is 0 Å². The third-order valence-corrected chi connectivity index (χ3v) is 4.71. The molecule has 1 heterocycles. The third-order valence-electron chi connectivity index (χ3n) is 4.71. The van der Waals surface area contributed by atoms with Crippen molar-refractivity contribution in [1.82, 2.24) is 0 Å². The van der Waals surface area contributed by atoms with Gasteiger partial charge in [-0.05, 0) is 29.0 Å². The number of rotatable bonds is 2. The molecule has 0 spiro atoms. The number of hydrogen-bond donors (Lipinski definition) is 1. The number of ketones is 1. The Hall–Kier alpha value is -2.55. The number of hydrogen-bond acceptors (Lipinski definition) is 3. The van der Waals surface area contributed by atoms with E-state index in [0.717, 1.165) is 16.5 Å². The number of para-hydroxylation sites is 1. The average molecular weight is 350 g/mol. The van der Waals surface area contributed by atoms with Crippen molar-refractivity contribution >= 4 is 16.8 Å². The van der Waals surface area contributed by atoms with Crippen molar-refractivity contribution in [3.05, 3.63) is 64.9 Å². The maximum atomic E-state index is 13.2. The average Bonchev–Trinajstić information content (AvgIpc) is 2.96. The topological polar surface area (TPSA) is 50.4 Å². The molecule has 2 aromatic carbocycles. The molecule has 0 radical (unpaired) electrons. The van der Waals surface area contributed by atoms with Crippen molar-refractivity contribution in [2.75, 3.05) is 0 Å². The molecule has 136 valence electrons. The monoisotopic (exact) mass is 350 g/mol. The van der Waals surface area contributed by atoms with Gasteiger partial charge in [-0.15, -0.1) is 0 Å². The lowest BCUT2D eigenvalue weighted by Crippen LogP contribution is -2.19. The van der Waals surface area contributed by atoms with Gasteiger partial charge in [-0.3, -0.25) is 4.79 Å². The minimum absolute atomic E-state index is 0.0917. The van der Waals surface area contributed by atoms with Crippen molar-refractivity contribution < 1.29 is 14.3 Å². The molecule has 0 aliphatic carbocycles. The van der Waals surface area contributed by atoms with Crippen LogP contribution in [0.2, 0.25) is 0 Å². The SMILES string of the molecule is CC(C)(C)c1cc(C(=O)c2coc3ccccc23)cc(C(C)(C)C)c1O. The smallest absolute Gasteiger partial charge is 0.196 e. The van der Waals surface area contributed by atoms with Crippen molar-refractivity contribution in [2.24, 2.45) is 0 Å². The summed E-state index contributed by atoms with van der Waals surface area (Å²) in [5.74, 6) is 0.185. The summed E-state index contributed by atoms with van der Waals surface area (Å²) in [6, 6.07) is 11.2. The fraction of sp³-hybridized carbons (Fsp3) is 0.348. The maximum Gasteiger partial charge on any atom is 0.196 e. The fourth-order valence-corrected chi connectivity index (χ4v) is 3.22. The molecule has 0 aliphatic rings. The van der Waals surface area contributed by atoms with Crippen LogP contribution in [0.25, 0.3) is 11.0 Å². The molecule has 1 N–H and O–H groups in total. The molecule has 26 heavy (non-hydrogen) atoms. The van der Waals surface area contributed by atoms with Crippen molar-refractivity contribution in [3.8, 4) is 5.75 Å². The largest absolute Gasteiger partial charge is 0.507 e. The standard InChI is InChI=1S/C23H26O3/c1-22(2,3)17-11-14(12-18(21(17)25)23(4,5)6)20(24)16-13-26-19-10-8-7-9-15(16)19/h7-13,25H,1-6H3. The second-order valence-electron chi connectivity index (χ2n) is 8.89. The van der Waals surface area contributed by atoms with Gasteiger partial charge in [0.1, 0.15) is 17.6 Å². The first-order valence-corrected chi connectivity index (χ1v) is 8.89. The summed E-state index contributed by atoms with van der Waals surface area (Å²) >= 11 is 0. The molecule has 0 amide bonds. The van der Waals surface area contributed by atoms with Crippen LogP contribution >= 0.6 is 0 Å². The van der Waals surface area contributed by atoms with Crippen LogP contribution in [0.4, 0.5) is 0 Å². The summed E-state index contributed by atoms with van der Waals surface area (Å²) in [4.78, 5) is 13.2. The van der Waals surface area contributed by atoms with Crippen molar-refractivity contribution in [2.45, 2.75) is 52.4 Å². The van der Waals surface area contributed by atoms with E-state index in [9.17, 15) is 9.90 Å². The maximum absolute atomic E-state index is 13.2. The van der Waals surface area contributed by atoms with E-state index in [1.165, 1.54) is 6.26 Å². The van der Waals surface area contributed by atoms with Gasteiger partial charge < -0.3 is 9.52 Å². The number of benzene rings is 2. The number of carbonyl (C=O) groups excluding carboxylic acids is 1. The van der Waals surface area contributed by atoms with Crippen LogP contribution in [0.5, 0.6) is 5.75 Å². The molecule has 0 atom stereocenters. The second-order valence-corrected chi connectivity index (χ2v) is 8.89. The van der Waals surface area contributed by atoms with E-state index in [1.54, 1.807) is 0 Å². The number of furan rings is 1. The highest BCUT2D eigenvalue weighted by Gasteiger charge is 2.28. The van der Waals surface area contributed by atoms with Crippen LogP contribution in [0.1, 0.15) is 68.6 Å². The van der Waals surface area contributed by atoms with Gasteiger partial charge in [-0.2, -0.15) is 0 Å². The van der Waals surface area contributed by atoms with Gasteiger partial charge in [0.25, 0.3) is 0 Å². The highest BCUT2D eigenvalue weighted by atomic mass is 16.3. The second kappa shape index (κ2) is 6.01. The van der Waals surface area contributed by atoms with Gasteiger partial charge in [-0.25, -0.2) is 0 Å². The number of carbonyl (C=O) groups is 1. The zero-order chi connectivity index (χ0) is 19.3. The molecule has 0 aliphatic heterocycles. The van der Waals surface area contributed by atoms with Gasteiger partial charge in [0.2, 0.25) is 0 Å². The Morgan fingerprint density at radius 3 is 2.00 bits per heavy atom. The Kier molecular flexibility index (Phi) is 4.22. The number of phenolic OH excluding ortho intramolecular Hbond substituents is 1. The summed E-state index contributed by atoms with van der Waals surface area (Å²) in [5.41, 5.74) is 2.82. The minimum Gasteiger partial charge on any atom is -0.507 e. The lowest BCUT2D eigenvalue weighted by molar-refractivity contribution is 0.103. The summed E-state index contributed by atoms with van der Waals surface area (Å²) in [7, 11) is 0. The van der Waals surface area contributed by atoms with Crippen molar-refractivity contribution in [3.63, 3.8) is 0 Å². The molecule has 3 nitrogen and oxygen atoms in total. The lowest BCUT2D eigenvalue weighted by Gasteiger charge is -2.28. The van der Waals surface area contributed by atoms with Gasteiger partial charge in [0.15, 0.2) is 5.78 Å². The summed E-state index contributed by atoms with van der Waals surface area (Å²) < 4.78 is 5.54.